The predicted molar refractivity (Wildman–Crippen MR) is 91.4 cm³/mol. The van der Waals surface area contributed by atoms with Gasteiger partial charge in [-0.15, -0.1) is 0 Å². The fourth-order valence-electron chi connectivity index (χ4n) is 3.31. The number of para-hydroxylation sites is 1. The zero-order valence-electron chi connectivity index (χ0n) is 13.2. The third-order valence-corrected chi connectivity index (χ3v) is 4.55. The number of fused-ring (bicyclic) bond motifs is 1. The topological polar surface area (TPSA) is 62.8 Å². The van der Waals surface area contributed by atoms with E-state index < -0.39 is 0 Å². The summed E-state index contributed by atoms with van der Waals surface area (Å²) in [5.41, 5.74) is 2.15. The van der Waals surface area contributed by atoms with Gasteiger partial charge in [0.2, 0.25) is 0 Å². The molecule has 1 aromatic carbocycles. The van der Waals surface area contributed by atoms with Crippen LogP contribution in [0.4, 0.5) is 11.6 Å². The van der Waals surface area contributed by atoms with Gasteiger partial charge in [0.25, 0.3) is 0 Å². The maximum atomic E-state index is 5.47. The Hall–Kier alpha value is -2.56. The third kappa shape index (κ3) is 2.74. The van der Waals surface area contributed by atoms with Gasteiger partial charge in [0.15, 0.2) is 17.4 Å². The Balaban J connectivity index is 1.63. The molecule has 1 aliphatic carbocycles. The van der Waals surface area contributed by atoms with Gasteiger partial charge in [0.1, 0.15) is 0 Å². The summed E-state index contributed by atoms with van der Waals surface area (Å²) in [6, 6.07) is 12.1. The minimum Gasteiger partial charge on any atom is -0.493 e. The number of methoxy groups -OCH3 is 1. The Labute approximate surface area is 135 Å². The highest BCUT2D eigenvalue weighted by Crippen LogP contribution is 2.35. The summed E-state index contributed by atoms with van der Waals surface area (Å²) < 4.78 is 5.47. The Morgan fingerprint density at radius 3 is 2.83 bits per heavy atom. The minimum absolute atomic E-state index is 0.615. The number of aromatic amines is 1. The van der Waals surface area contributed by atoms with Crippen molar-refractivity contribution in [3.63, 3.8) is 0 Å². The van der Waals surface area contributed by atoms with Gasteiger partial charge in [-0.05, 0) is 25.0 Å². The molecule has 0 spiro atoms. The van der Waals surface area contributed by atoms with Crippen LogP contribution >= 0.6 is 0 Å². The molecule has 0 amide bonds. The second kappa shape index (κ2) is 5.91. The lowest BCUT2D eigenvalue weighted by Gasteiger charge is -2.10. The molecule has 3 aromatic rings. The number of nitrogens with zero attached hydrogens (tertiary/aromatic N) is 2. The number of nitrogens with one attached hydrogen (secondary N) is 2. The smallest absolute Gasteiger partial charge is 0.175 e. The number of aromatic nitrogens is 3. The molecule has 0 radical (unpaired) electrons. The van der Waals surface area contributed by atoms with Crippen molar-refractivity contribution in [1.82, 2.24) is 15.2 Å². The van der Waals surface area contributed by atoms with Gasteiger partial charge < -0.3 is 10.1 Å². The van der Waals surface area contributed by atoms with Gasteiger partial charge >= 0.3 is 0 Å². The summed E-state index contributed by atoms with van der Waals surface area (Å²) in [4.78, 5) is 4.66. The fraction of sp³-hybridized carbons (Fsp3) is 0.333. The first-order valence-electron chi connectivity index (χ1n) is 8.09. The molecule has 2 heterocycles. The molecular formula is C18H20N4O. The predicted octanol–water partition coefficient (Wildman–Crippen LogP) is 4.37. The number of H-pyrrole nitrogens is 1. The van der Waals surface area contributed by atoms with Gasteiger partial charge in [0.05, 0.1) is 12.6 Å². The minimum atomic E-state index is 0.615. The number of benzene rings is 1. The second-order valence-electron chi connectivity index (χ2n) is 6.05. The van der Waals surface area contributed by atoms with Crippen LogP contribution in [0.5, 0.6) is 5.75 Å². The monoisotopic (exact) mass is 308 g/mol. The number of ether oxygens (including phenoxy) is 1. The van der Waals surface area contributed by atoms with E-state index in [9.17, 15) is 0 Å². The lowest BCUT2D eigenvalue weighted by atomic mass is 10.0. The van der Waals surface area contributed by atoms with Gasteiger partial charge in [-0.3, -0.25) is 5.10 Å². The van der Waals surface area contributed by atoms with Crippen LogP contribution < -0.4 is 10.1 Å². The Kier molecular flexibility index (Phi) is 3.61. The van der Waals surface area contributed by atoms with E-state index >= 15 is 0 Å². The normalized spacial score (nSPS) is 15.2. The summed E-state index contributed by atoms with van der Waals surface area (Å²) in [5.74, 6) is 2.81. The molecule has 2 N–H and O–H groups in total. The van der Waals surface area contributed by atoms with E-state index in [0.29, 0.717) is 17.5 Å². The van der Waals surface area contributed by atoms with Gasteiger partial charge in [-0.1, -0.05) is 31.0 Å². The van der Waals surface area contributed by atoms with Crippen LogP contribution in [0.3, 0.4) is 0 Å². The summed E-state index contributed by atoms with van der Waals surface area (Å²) in [6.45, 7) is 0. The maximum Gasteiger partial charge on any atom is 0.175 e. The molecule has 0 aliphatic heterocycles. The van der Waals surface area contributed by atoms with Crippen LogP contribution in [0, 0.1) is 0 Å². The molecule has 5 heteroatoms. The molecule has 0 atom stereocenters. The number of pyridine rings is 1. The van der Waals surface area contributed by atoms with Crippen LogP contribution in [0.15, 0.2) is 36.4 Å². The lowest BCUT2D eigenvalue weighted by Crippen LogP contribution is -1.98. The first kappa shape index (κ1) is 14.1. The van der Waals surface area contributed by atoms with E-state index in [-0.39, 0.29) is 0 Å². The average Bonchev–Trinajstić information content (AvgIpc) is 3.25. The SMILES string of the molecule is COc1cc2ccccc2nc1Nc1cc(C2CCCC2)[nH]n1. The van der Waals surface area contributed by atoms with Crippen molar-refractivity contribution < 1.29 is 4.74 Å². The number of rotatable bonds is 4. The molecule has 4 rings (SSSR count). The molecule has 23 heavy (non-hydrogen) atoms. The molecule has 5 nitrogen and oxygen atoms in total. The van der Waals surface area contributed by atoms with Gasteiger partial charge in [-0.25, -0.2) is 4.98 Å². The lowest BCUT2D eigenvalue weighted by molar-refractivity contribution is 0.416. The molecule has 0 unspecified atom stereocenters. The number of hydrogen-bond acceptors (Lipinski definition) is 4. The number of anilines is 2. The fourth-order valence-corrected chi connectivity index (χ4v) is 3.31. The standard InChI is InChI=1S/C18H20N4O/c1-23-16-10-13-8-4-5-9-14(13)19-18(16)20-17-11-15(21-22-17)12-6-2-3-7-12/h4-5,8-12H,2-3,6-7H2,1H3,(H2,19,20,21,22). The van der Waals surface area contributed by atoms with Gasteiger partial charge in [-0.2, -0.15) is 5.10 Å². The van der Waals surface area contributed by atoms with E-state index in [2.05, 4.69) is 26.6 Å². The third-order valence-electron chi connectivity index (χ3n) is 4.55. The van der Waals surface area contributed by atoms with Crippen LogP contribution in [-0.2, 0) is 0 Å². The van der Waals surface area contributed by atoms with Crippen molar-refractivity contribution in [3.05, 3.63) is 42.1 Å². The largest absolute Gasteiger partial charge is 0.493 e. The van der Waals surface area contributed by atoms with Crippen molar-refractivity contribution in [1.29, 1.82) is 0 Å². The zero-order chi connectivity index (χ0) is 15.6. The van der Waals surface area contributed by atoms with Crippen molar-refractivity contribution in [2.24, 2.45) is 0 Å². The van der Waals surface area contributed by atoms with Crippen molar-refractivity contribution in [2.45, 2.75) is 31.6 Å². The molecule has 0 saturated heterocycles. The van der Waals surface area contributed by atoms with Crippen LogP contribution in [0.1, 0.15) is 37.3 Å². The summed E-state index contributed by atoms with van der Waals surface area (Å²) in [6.07, 6.45) is 5.12. The van der Waals surface area contributed by atoms with E-state index in [1.807, 2.05) is 30.3 Å². The molecular weight excluding hydrogens is 288 g/mol. The Bertz CT molecular complexity index is 821. The second-order valence-corrected chi connectivity index (χ2v) is 6.05. The highest BCUT2D eigenvalue weighted by molar-refractivity contribution is 5.83. The highest BCUT2D eigenvalue weighted by Gasteiger charge is 2.19. The number of hydrogen-bond donors (Lipinski definition) is 2. The van der Waals surface area contributed by atoms with E-state index in [1.165, 1.54) is 31.4 Å². The first-order valence-corrected chi connectivity index (χ1v) is 8.09. The molecule has 0 bridgehead atoms. The molecule has 1 aliphatic rings. The quantitative estimate of drug-likeness (QED) is 0.751. The zero-order valence-corrected chi connectivity index (χ0v) is 13.2. The molecule has 2 aromatic heterocycles. The van der Waals surface area contributed by atoms with Crippen molar-refractivity contribution in [2.75, 3.05) is 12.4 Å². The van der Waals surface area contributed by atoms with Crippen LogP contribution in [-0.4, -0.2) is 22.3 Å². The van der Waals surface area contributed by atoms with E-state index in [1.54, 1.807) is 7.11 Å². The van der Waals surface area contributed by atoms with Gasteiger partial charge in [0, 0.05) is 23.1 Å². The molecule has 1 fully saturated rings. The maximum absolute atomic E-state index is 5.47. The van der Waals surface area contributed by atoms with Crippen molar-refractivity contribution in [3.8, 4) is 5.75 Å². The van der Waals surface area contributed by atoms with Crippen LogP contribution in [0.25, 0.3) is 10.9 Å². The van der Waals surface area contributed by atoms with Crippen molar-refractivity contribution >= 4 is 22.5 Å². The summed E-state index contributed by atoms with van der Waals surface area (Å²) in [7, 11) is 1.66. The summed E-state index contributed by atoms with van der Waals surface area (Å²) >= 11 is 0. The Morgan fingerprint density at radius 2 is 2.00 bits per heavy atom. The first-order chi connectivity index (χ1) is 11.3. The average molecular weight is 308 g/mol. The van der Waals surface area contributed by atoms with E-state index in [4.69, 9.17) is 4.74 Å². The Morgan fingerprint density at radius 1 is 1.17 bits per heavy atom. The van der Waals surface area contributed by atoms with E-state index in [0.717, 1.165) is 16.7 Å². The summed E-state index contributed by atoms with van der Waals surface area (Å²) in [5, 5.41) is 11.9. The molecule has 118 valence electrons. The molecule has 1 saturated carbocycles. The van der Waals surface area contributed by atoms with Crippen LogP contribution in [0.2, 0.25) is 0 Å². The highest BCUT2D eigenvalue weighted by atomic mass is 16.5.